The SMILES string of the molecule is Cc1ccc(N2OCC(=O)CC2=O)cc1. The fourth-order valence-electron chi connectivity index (χ4n) is 1.40. The lowest BCUT2D eigenvalue weighted by molar-refractivity contribution is -0.141. The van der Waals surface area contributed by atoms with Gasteiger partial charge in [-0.15, -0.1) is 0 Å². The molecule has 0 N–H and O–H groups in total. The molecular formula is C11H11NO3. The van der Waals surface area contributed by atoms with Crippen LogP contribution in [0.1, 0.15) is 12.0 Å². The van der Waals surface area contributed by atoms with Crippen LogP contribution in [0.3, 0.4) is 0 Å². The number of amides is 1. The van der Waals surface area contributed by atoms with E-state index in [1.54, 1.807) is 12.1 Å². The maximum atomic E-state index is 11.5. The number of benzene rings is 1. The van der Waals surface area contributed by atoms with Crippen LogP contribution < -0.4 is 5.06 Å². The molecule has 2 rings (SSSR count). The van der Waals surface area contributed by atoms with E-state index in [-0.39, 0.29) is 24.7 Å². The van der Waals surface area contributed by atoms with Gasteiger partial charge in [0.1, 0.15) is 6.61 Å². The highest BCUT2D eigenvalue weighted by atomic mass is 16.7. The summed E-state index contributed by atoms with van der Waals surface area (Å²) < 4.78 is 0. The van der Waals surface area contributed by atoms with Gasteiger partial charge < -0.3 is 0 Å². The van der Waals surface area contributed by atoms with Crippen LogP contribution in [-0.4, -0.2) is 18.3 Å². The molecule has 1 aromatic carbocycles. The number of nitrogens with zero attached hydrogens (tertiary/aromatic N) is 1. The van der Waals surface area contributed by atoms with E-state index < -0.39 is 0 Å². The summed E-state index contributed by atoms with van der Waals surface area (Å²) in [5.41, 5.74) is 1.78. The number of carbonyl (C=O) groups excluding carboxylic acids is 2. The van der Waals surface area contributed by atoms with E-state index in [0.29, 0.717) is 5.69 Å². The smallest absolute Gasteiger partial charge is 0.258 e. The molecule has 1 aliphatic heterocycles. The molecule has 4 nitrogen and oxygen atoms in total. The third kappa shape index (κ3) is 2.05. The minimum Gasteiger partial charge on any atom is -0.296 e. The van der Waals surface area contributed by atoms with Crippen LogP contribution in [0, 0.1) is 6.92 Å². The monoisotopic (exact) mass is 205 g/mol. The fourth-order valence-corrected chi connectivity index (χ4v) is 1.40. The number of hydroxylamine groups is 1. The van der Waals surface area contributed by atoms with Gasteiger partial charge in [0, 0.05) is 0 Å². The van der Waals surface area contributed by atoms with Gasteiger partial charge in [-0.25, -0.2) is 0 Å². The van der Waals surface area contributed by atoms with Gasteiger partial charge in [0.25, 0.3) is 5.91 Å². The molecule has 0 atom stereocenters. The summed E-state index contributed by atoms with van der Waals surface area (Å²) in [6.07, 6.45) is -0.0755. The molecule has 4 heteroatoms. The van der Waals surface area contributed by atoms with Crippen LogP contribution in [0.15, 0.2) is 24.3 Å². The molecule has 0 bridgehead atoms. The van der Waals surface area contributed by atoms with Crippen molar-refractivity contribution in [2.24, 2.45) is 0 Å². The minimum absolute atomic E-state index is 0.0282. The maximum absolute atomic E-state index is 11.5. The Labute approximate surface area is 87.4 Å². The number of hydrogen-bond acceptors (Lipinski definition) is 3. The van der Waals surface area contributed by atoms with Gasteiger partial charge in [-0.05, 0) is 19.1 Å². The summed E-state index contributed by atoms with van der Waals surface area (Å²) in [6, 6.07) is 7.37. The Balaban J connectivity index is 2.20. The Kier molecular flexibility index (Phi) is 2.51. The molecular weight excluding hydrogens is 194 g/mol. The van der Waals surface area contributed by atoms with Crippen molar-refractivity contribution >= 4 is 17.4 Å². The van der Waals surface area contributed by atoms with Crippen LogP contribution in [0.5, 0.6) is 0 Å². The zero-order valence-electron chi connectivity index (χ0n) is 8.40. The molecule has 15 heavy (non-hydrogen) atoms. The summed E-state index contributed by atoms with van der Waals surface area (Å²) in [5.74, 6) is -0.488. The highest BCUT2D eigenvalue weighted by Gasteiger charge is 2.25. The zero-order valence-corrected chi connectivity index (χ0v) is 8.40. The molecule has 78 valence electrons. The number of carbonyl (C=O) groups is 2. The maximum Gasteiger partial charge on any atom is 0.258 e. The van der Waals surface area contributed by atoms with Gasteiger partial charge in [0.05, 0.1) is 12.1 Å². The third-order valence-electron chi connectivity index (χ3n) is 2.20. The Bertz CT molecular complexity index is 397. The molecule has 1 saturated heterocycles. The predicted octanol–water partition coefficient (Wildman–Crippen LogP) is 1.23. The molecule has 0 spiro atoms. The number of ketones is 1. The van der Waals surface area contributed by atoms with Crippen molar-refractivity contribution in [1.82, 2.24) is 0 Å². The molecule has 1 aliphatic rings. The number of rotatable bonds is 1. The normalized spacial score (nSPS) is 17.0. The summed E-state index contributed by atoms with van der Waals surface area (Å²) >= 11 is 0. The van der Waals surface area contributed by atoms with E-state index >= 15 is 0 Å². The number of Topliss-reactive ketones (excluding diaryl/α,β-unsaturated/α-hetero) is 1. The molecule has 0 aliphatic carbocycles. The van der Waals surface area contributed by atoms with Gasteiger partial charge in [-0.2, -0.15) is 5.06 Å². The quantitative estimate of drug-likeness (QED) is 0.648. The van der Waals surface area contributed by atoms with Crippen molar-refractivity contribution in [2.75, 3.05) is 11.7 Å². The first-order chi connectivity index (χ1) is 7.16. The summed E-state index contributed by atoms with van der Waals surface area (Å²) in [5, 5.41) is 1.18. The molecule has 0 unspecified atom stereocenters. The van der Waals surface area contributed by atoms with Crippen molar-refractivity contribution in [2.45, 2.75) is 13.3 Å². The molecule has 0 aromatic heterocycles. The van der Waals surface area contributed by atoms with Crippen LogP contribution in [-0.2, 0) is 14.4 Å². The van der Waals surface area contributed by atoms with Crippen molar-refractivity contribution < 1.29 is 14.4 Å². The Morgan fingerprint density at radius 3 is 2.47 bits per heavy atom. The average Bonchev–Trinajstić information content (AvgIpc) is 2.20. The standard InChI is InChI=1S/C11H11NO3/c1-8-2-4-9(5-3-8)12-11(14)6-10(13)7-15-12/h2-5H,6-7H2,1H3. The molecule has 0 saturated carbocycles. The van der Waals surface area contributed by atoms with Gasteiger partial charge in [0.2, 0.25) is 0 Å². The van der Waals surface area contributed by atoms with Crippen LogP contribution >= 0.6 is 0 Å². The fraction of sp³-hybridized carbons (Fsp3) is 0.273. The number of anilines is 1. The van der Waals surface area contributed by atoms with E-state index in [0.717, 1.165) is 5.56 Å². The highest BCUT2D eigenvalue weighted by Crippen LogP contribution is 2.19. The van der Waals surface area contributed by atoms with E-state index in [1.165, 1.54) is 5.06 Å². The van der Waals surface area contributed by atoms with E-state index in [4.69, 9.17) is 4.84 Å². The lowest BCUT2D eigenvalue weighted by Crippen LogP contribution is -2.40. The summed E-state index contributed by atoms with van der Waals surface area (Å²) in [7, 11) is 0. The first-order valence-electron chi connectivity index (χ1n) is 4.71. The molecule has 0 radical (unpaired) electrons. The van der Waals surface area contributed by atoms with Crippen molar-refractivity contribution in [3.05, 3.63) is 29.8 Å². The van der Waals surface area contributed by atoms with Crippen LogP contribution in [0.4, 0.5) is 5.69 Å². The van der Waals surface area contributed by atoms with Crippen molar-refractivity contribution in [1.29, 1.82) is 0 Å². The lowest BCUT2D eigenvalue weighted by Gasteiger charge is -2.25. The van der Waals surface area contributed by atoms with Gasteiger partial charge in [-0.3, -0.25) is 14.4 Å². The Hall–Kier alpha value is -1.68. The molecule has 1 amide bonds. The molecule has 1 fully saturated rings. The molecule has 1 heterocycles. The van der Waals surface area contributed by atoms with Gasteiger partial charge >= 0.3 is 0 Å². The van der Waals surface area contributed by atoms with Gasteiger partial charge in [-0.1, -0.05) is 17.7 Å². The van der Waals surface area contributed by atoms with Crippen molar-refractivity contribution in [3.8, 4) is 0 Å². The topological polar surface area (TPSA) is 46.6 Å². The second-order valence-corrected chi connectivity index (χ2v) is 3.51. The minimum atomic E-state index is -0.310. The highest BCUT2D eigenvalue weighted by molar-refractivity contribution is 6.06. The van der Waals surface area contributed by atoms with E-state index in [9.17, 15) is 9.59 Å². The first kappa shape index (κ1) is 9.86. The number of hydrogen-bond donors (Lipinski definition) is 0. The first-order valence-corrected chi connectivity index (χ1v) is 4.71. The average molecular weight is 205 g/mol. The second-order valence-electron chi connectivity index (χ2n) is 3.51. The van der Waals surface area contributed by atoms with Crippen molar-refractivity contribution in [3.63, 3.8) is 0 Å². The van der Waals surface area contributed by atoms with E-state index in [2.05, 4.69) is 0 Å². The second kappa shape index (κ2) is 3.82. The number of aryl methyl sites for hydroxylation is 1. The Morgan fingerprint density at radius 1 is 1.20 bits per heavy atom. The van der Waals surface area contributed by atoms with E-state index in [1.807, 2.05) is 19.1 Å². The van der Waals surface area contributed by atoms with Crippen LogP contribution in [0.25, 0.3) is 0 Å². The Morgan fingerprint density at radius 2 is 1.87 bits per heavy atom. The third-order valence-corrected chi connectivity index (χ3v) is 2.20. The van der Waals surface area contributed by atoms with Crippen LogP contribution in [0.2, 0.25) is 0 Å². The molecule has 1 aromatic rings. The predicted molar refractivity (Wildman–Crippen MR) is 54.2 cm³/mol. The van der Waals surface area contributed by atoms with Gasteiger partial charge in [0.15, 0.2) is 5.78 Å². The summed E-state index contributed by atoms with van der Waals surface area (Å²) in [4.78, 5) is 27.5. The summed E-state index contributed by atoms with van der Waals surface area (Å²) in [6.45, 7) is 1.94. The largest absolute Gasteiger partial charge is 0.296 e. The lowest BCUT2D eigenvalue weighted by atomic mass is 10.2. The zero-order chi connectivity index (χ0) is 10.8.